The fraction of sp³-hybridized carbons (Fsp3) is 0.529. The summed E-state index contributed by atoms with van der Waals surface area (Å²) >= 11 is 0. The second-order valence-corrected chi connectivity index (χ2v) is 6.93. The Morgan fingerprint density at radius 2 is 1.96 bits per heavy atom. The first-order chi connectivity index (χ1) is 10.7. The van der Waals surface area contributed by atoms with E-state index in [1.165, 1.54) is 0 Å². The molecule has 126 valence electrons. The molecule has 1 aliphatic heterocycles. The highest BCUT2D eigenvalue weighted by molar-refractivity contribution is 6.00. The summed E-state index contributed by atoms with van der Waals surface area (Å²) in [6.45, 7) is 6.06. The SMILES string of the molecule is CC(C)(C)OC(=O)C1(C(=O)O)CCN(Cc2ccccc2)C1N. The number of hydrogen-bond acceptors (Lipinski definition) is 5. The van der Waals surface area contributed by atoms with Crippen LogP contribution in [0.1, 0.15) is 32.8 Å². The minimum atomic E-state index is -1.72. The van der Waals surface area contributed by atoms with E-state index in [9.17, 15) is 14.7 Å². The van der Waals surface area contributed by atoms with E-state index in [1.54, 1.807) is 20.8 Å². The average molecular weight is 320 g/mol. The molecule has 1 aromatic rings. The fourth-order valence-electron chi connectivity index (χ4n) is 2.83. The molecule has 0 saturated carbocycles. The highest BCUT2D eigenvalue weighted by Gasteiger charge is 2.59. The van der Waals surface area contributed by atoms with Crippen LogP contribution in [0.4, 0.5) is 0 Å². The number of carboxylic acid groups (broad SMARTS) is 1. The third kappa shape index (κ3) is 3.54. The number of hydrogen-bond donors (Lipinski definition) is 2. The van der Waals surface area contributed by atoms with Crippen LogP contribution in [0.2, 0.25) is 0 Å². The molecule has 1 aromatic carbocycles. The number of carbonyl (C=O) groups is 2. The van der Waals surface area contributed by atoms with Crippen molar-refractivity contribution in [1.82, 2.24) is 4.90 Å². The van der Waals surface area contributed by atoms with Crippen LogP contribution in [-0.4, -0.2) is 40.3 Å². The Labute approximate surface area is 136 Å². The van der Waals surface area contributed by atoms with Crippen LogP contribution in [0.5, 0.6) is 0 Å². The fourth-order valence-corrected chi connectivity index (χ4v) is 2.83. The molecule has 2 unspecified atom stereocenters. The quantitative estimate of drug-likeness (QED) is 0.646. The molecule has 0 spiro atoms. The van der Waals surface area contributed by atoms with Gasteiger partial charge in [0.15, 0.2) is 5.41 Å². The molecule has 0 amide bonds. The molecule has 2 atom stereocenters. The first-order valence-corrected chi connectivity index (χ1v) is 7.67. The van der Waals surface area contributed by atoms with Gasteiger partial charge in [0.2, 0.25) is 0 Å². The number of likely N-dealkylation sites (tertiary alicyclic amines) is 1. The largest absolute Gasteiger partial charge is 0.480 e. The van der Waals surface area contributed by atoms with Gasteiger partial charge in [0.25, 0.3) is 0 Å². The van der Waals surface area contributed by atoms with Gasteiger partial charge in [0.1, 0.15) is 5.60 Å². The summed E-state index contributed by atoms with van der Waals surface area (Å²) in [7, 11) is 0. The molecular formula is C17H24N2O4. The number of nitrogens with two attached hydrogens (primary N) is 1. The number of esters is 1. The number of carbonyl (C=O) groups excluding carboxylic acids is 1. The molecule has 0 aromatic heterocycles. The maximum absolute atomic E-state index is 12.5. The number of ether oxygens (including phenoxy) is 1. The van der Waals surface area contributed by atoms with Crippen molar-refractivity contribution in [2.75, 3.05) is 6.54 Å². The van der Waals surface area contributed by atoms with Crippen molar-refractivity contribution in [2.24, 2.45) is 11.1 Å². The van der Waals surface area contributed by atoms with Gasteiger partial charge >= 0.3 is 11.9 Å². The van der Waals surface area contributed by atoms with E-state index in [4.69, 9.17) is 10.5 Å². The van der Waals surface area contributed by atoms with Gasteiger partial charge in [-0.2, -0.15) is 0 Å². The number of rotatable bonds is 4. The minimum Gasteiger partial charge on any atom is -0.480 e. The minimum absolute atomic E-state index is 0.144. The molecule has 6 heteroatoms. The predicted molar refractivity (Wildman–Crippen MR) is 85.4 cm³/mol. The normalized spacial score (nSPS) is 25.3. The maximum Gasteiger partial charge on any atom is 0.327 e. The summed E-state index contributed by atoms with van der Waals surface area (Å²) in [6, 6.07) is 9.63. The van der Waals surface area contributed by atoms with Gasteiger partial charge in [-0.15, -0.1) is 0 Å². The van der Waals surface area contributed by atoms with Crippen LogP contribution < -0.4 is 5.73 Å². The van der Waals surface area contributed by atoms with Crippen LogP contribution in [0.15, 0.2) is 30.3 Å². The molecule has 0 radical (unpaired) electrons. The van der Waals surface area contributed by atoms with Crippen LogP contribution in [-0.2, 0) is 20.9 Å². The molecular weight excluding hydrogens is 296 g/mol. The molecule has 0 bridgehead atoms. The number of benzene rings is 1. The van der Waals surface area contributed by atoms with Crippen LogP contribution in [0.25, 0.3) is 0 Å². The van der Waals surface area contributed by atoms with Gasteiger partial charge in [-0.25, -0.2) is 0 Å². The summed E-state index contributed by atoms with van der Waals surface area (Å²) in [5.74, 6) is -1.99. The molecule has 1 heterocycles. The van der Waals surface area contributed by atoms with Crippen molar-refractivity contribution in [1.29, 1.82) is 0 Å². The van der Waals surface area contributed by atoms with Gasteiger partial charge in [0, 0.05) is 13.1 Å². The van der Waals surface area contributed by atoms with E-state index in [2.05, 4.69) is 0 Å². The van der Waals surface area contributed by atoms with E-state index in [-0.39, 0.29) is 6.42 Å². The van der Waals surface area contributed by atoms with Gasteiger partial charge in [-0.3, -0.25) is 14.5 Å². The lowest BCUT2D eigenvalue weighted by atomic mass is 9.84. The van der Waals surface area contributed by atoms with Crippen LogP contribution >= 0.6 is 0 Å². The first-order valence-electron chi connectivity index (χ1n) is 7.67. The molecule has 2 rings (SSSR count). The third-order valence-corrected chi connectivity index (χ3v) is 4.06. The van der Waals surface area contributed by atoms with Crippen molar-refractivity contribution in [3.05, 3.63) is 35.9 Å². The Kier molecular flexibility index (Phi) is 4.77. The van der Waals surface area contributed by atoms with Crippen molar-refractivity contribution in [3.63, 3.8) is 0 Å². The molecule has 23 heavy (non-hydrogen) atoms. The zero-order valence-electron chi connectivity index (χ0n) is 13.8. The summed E-state index contributed by atoms with van der Waals surface area (Å²) in [5, 5.41) is 9.68. The zero-order chi connectivity index (χ0) is 17.3. The second-order valence-electron chi connectivity index (χ2n) is 6.93. The Balaban J connectivity index is 2.22. The number of aliphatic carboxylic acids is 1. The highest BCUT2D eigenvalue weighted by Crippen LogP contribution is 2.38. The van der Waals surface area contributed by atoms with E-state index in [1.807, 2.05) is 35.2 Å². The summed E-state index contributed by atoms with van der Waals surface area (Å²) < 4.78 is 5.33. The molecule has 1 fully saturated rings. The lowest BCUT2D eigenvalue weighted by molar-refractivity contribution is -0.178. The van der Waals surface area contributed by atoms with Crippen LogP contribution in [0.3, 0.4) is 0 Å². The van der Waals surface area contributed by atoms with Gasteiger partial charge in [0.05, 0.1) is 6.17 Å². The Morgan fingerprint density at radius 1 is 1.35 bits per heavy atom. The van der Waals surface area contributed by atoms with Crippen molar-refractivity contribution in [3.8, 4) is 0 Å². The van der Waals surface area contributed by atoms with E-state index >= 15 is 0 Å². The van der Waals surface area contributed by atoms with Gasteiger partial charge in [-0.1, -0.05) is 30.3 Å². The zero-order valence-corrected chi connectivity index (χ0v) is 13.8. The summed E-state index contributed by atoms with van der Waals surface area (Å²) in [4.78, 5) is 26.2. The van der Waals surface area contributed by atoms with E-state index in [0.29, 0.717) is 13.1 Å². The molecule has 1 saturated heterocycles. The molecule has 0 aliphatic carbocycles. The second kappa shape index (κ2) is 6.29. The van der Waals surface area contributed by atoms with E-state index in [0.717, 1.165) is 5.56 Å². The Bertz CT molecular complexity index is 582. The Hall–Kier alpha value is -1.92. The molecule has 3 N–H and O–H groups in total. The topological polar surface area (TPSA) is 92.9 Å². The first kappa shape index (κ1) is 17.4. The third-order valence-electron chi connectivity index (χ3n) is 4.06. The van der Waals surface area contributed by atoms with Crippen LogP contribution in [0, 0.1) is 5.41 Å². The smallest absolute Gasteiger partial charge is 0.327 e. The number of nitrogens with zero attached hydrogens (tertiary/aromatic N) is 1. The standard InChI is InChI=1S/C17H24N2O4/c1-16(2,3)23-15(22)17(14(20)21)9-10-19(13(17)18)11-12-7-5-4-6-8-12/h4-8,13H,9-11,18H2,1-3H3,(H,20,21). The molecule has 1 aliphatic rings. The summed E-state index contributed by atoms with van der Waals surface area (Å²) in [6.07, 6.45) is -0.777. The lowest BCUT2D eigenvalue weighted by Gasteiger charge is -2.32. The summed E-state index contributed by atoms with van der Waals surface area (Å²) in [5.41, 5.74) is 4.71. The number of carboxylic acids is 1. The maximum atomic E-state index is 12.5. The van der Waals surface area contributed by atoms with E-state index < -0.39 is 29.1 Å². The molecule has 6 nitrogen and oxygen atoms in total. The highest BCUT2D eigenvalue weighted by atomic mass is 16.6. The lowest BCUT2D eigenvalue weighted by Crippen LogP contribution is -2.56. The average Bonchev–Trinajstić information content (AvgIpc) is 2.77. The predicted octanol–water partition coefficient (Wildman–Crippen LogP) is 1.59. The van der Waals surface area contributed by atoms with Crippen molar-refractivity contribution < 1.29 is 19.4 Å². The van der Waals surface area contributed by atoms with Gasteiger partial charge < -0.3 is 15.6 Å². The van der Waals surface area contributed by atoms with Gasteiger partial charge in [-0.05, 0) is 32.8 Å². The van der Waals surface area contributed by atoms with Crippen molar-refractivity contribution in [2.45, 2.75) is 45.5 Å². The monoisotopic (exact) mass is 320 g/mol. The van der Waals surface area contributed by atoms with Crippen molar-refractivity contribution >= 4 is 11.9 Å². The Morgan fingerprint density at radius 3 is 2.48 bits per heavy atom.